The van der Waals surface area contributed by atoms with E-state index in [1.54, 1.807) is 13.1 Å². The van der Waals surface area contributed by atoms with Crippen molar-refractivity contribution in [2.24, 2.45) is 5.73 Å². The van der Waals surface area contributed by atoms with Crippen molar-refractivity contribution in [2.75, 3.05) is 5.32 Å². The van der Waals surface area contributed by atoms with Crippen LogP contribution in [0, 0.1) is 0 Å². The van der Waals surface area contributed by atoms with Crippen LogP contribution >= 0.6 is 0 Å². The van der Waals surface area contributed by atoms with Gasteiger partial charge < -0.3 is 11.1 Å². The number of hydrogen-bond donors (Lipinski definition) is 2. The Hall–Kier alpha value is -2.14. The number of nitrogens with one attached hydrogen (secondary N) is 1. The summed E-state index contributed by atoms with van der Waals surface area (Å²) in [4.78, 5) is 11.5. The summed E-state index contributed by atoms with van der Waals surface area (Å²) in [6, 6.07) is 9.01. The number of amides is 1. The predicted octanol–water partition coefficient (Wildman–Crippen LogP) is 1.22. The van der Waals surface area contributed by atoms with Crippen molar-refractivity contribution in [1.82, 2.24) is 9.78 Å². The van der Waals surface area contributed by atoms with E-state index in [0.29, 0.717) is 6.54 Å². The Morgan fingerprint density at radius 2 is 2.33 bits per heavy atom. The minimum atomic E-state index is -0.514. The molecule has 0 unspecified atom stereocenters. The summed E-state index contributed by atoms with van der Waals surface area (Å²) in [6.07, 6.45) is 3.63. The summed E-state index contributed by atoms with van der Waals surface area (Å²) in [5, 5.41) is 6.91. The van der Waals surface area contributed by atoms with Gasteiger partial charge in [0.25, 0.3) is 0 Å². The van der Waals surface area contributed by atoms with E-state index in [4.69, 9.17) is 5.73 Å². The molecule has 0 fully saturated rings. The first-order chi connectivity index (χ1) is 8.65. The van der Waals surface area contributed by atoms with Gasteiger partial charge in [-0.3, -0.25) is 9.48 Å². The van der Waals surface area contributed by atoms with Crippen molar-refractivity contribution in [1.29, 1.82) is 0 Å². The van der Waals surface area contributed by atoms with E-state index in [1.165, 1.54) is 0 Å². The van der Waals surface area contributed by atoms with Crippen LogP contribution in [0.4, 0.5) is 5.69 Å². The zero-order valence-corrected chi connectivity index (χ0v) is 10.2. The van der Waals surface area contributed by atoms with Gasteiger partial charge in [-0.2, -0.15) is 5.10 Å². The fourth-order valence-electron chi connectivity index (χ4n) is 1.58. The minimum absolute atomic E-state index is 0.189. The van der Waals surface area contributed by atoms with Gasteiger partial charge in [-0.05, 0) is 30.7 Å². The van der Waals surface area contributed by atoms with Crippen molar-refractivity contribution in [2.45, 2.75) is 19.5 Å². The molecule has 1 aromatic heterocycles. The van der Waals surface area contributed by atoms with E-state index >= 15 is 0 Å². The van der Waals surface area contributed by atoms with Crippen molar-refractivity contribution >= 4 is 11.6 Å². The number of nitrogens with zero attached hydrogens (tertiary/aromatic N) is 2. The molecule has 1 amide bonds. The standard InChI is InChI=1S/C13H16N4O/c1-10(14)13(18)16-12-5-2-4-11(8-12)9-17-7-3-6-15-17/h2-8,10H,9,14H2,1H3,(H,16,18)/t10-/m0/s1. The van der Waals surface area contributed by atoms with Crippen LogP contribution in [0.15, 0.2) is 42.7 Å². The van der Waals surface area contributed by atoms with E-state index < -0.39 is 6.04 Å². The summed E-state index contributed by atoms with van der Waals surface area (Å²) in [7, 11) is 0. The minimum Gasteiger partial charge on any atom is -0.325 e. The number of benzene rings is 1. The zero-order valence-electron chi connectivity index (χ0n) is 10.2. The molecule has 5 heteroatoms. The molecule has 0 aliphatic rings. The second-order valence-corrected chi connectivity index (χ2v) is 4.18. The van der Waals surface area contributed by atoms with Gasteiger partial charge in [-0.15, -0.1) is 0 Å². The maximum absolute atomic E-state index is 11.5. The Labute approximate surface area is 106 Å². The molecule has 2 aromatic rings. The molecule has 2 rings (SSSR count). The Morgan fingerprint density at radius 1 is 1.50 bits per heavy atom. The average molecular weight is 244 g/mol. The molecule has 0 saturated carbocycles. The van der Waals surface area contributed by atoms with Crippen molar-refractivity contribution in [3.05, 3.63) is 48.3 Å². The normalized spacial score (nSPS) is 12.1. The van der Waals surface area contributed by atoms with Gasteiger partial charge in [0.1, 0.15) is 0 Å². The van der Waals surface area contributed by atoms with Crippen LogP contribution in [-0.4, -0.2) is 21.7 Å². The Bertz CT molecular complexity index is 520. The summed E-state index contributed by atoms with van der Waals surface area (Å²) in [5.74, 6) is -0.189. The van der Waals surface area contributed by atoms with Crippen LogP contribution < -0.4 is 11.1 Å². The topological polar surface area (TPSA) is 72.9 Å². The smallest absolute Gasteiger partial charge is 0.240 e. The first-order valence-electron chi connectivity index (χ1n) is 5.78. The summed E-state index contributed by atoms with van der Waals surface area (Å²) >= 11 is 0. The lowest BCUT2D eigenvalue weighted by Crippen LogP contribution is -2.32. The predicted molar refractivity (Wildman–Crippen MR) is 70.1 cm³/mol. The molecule has 0 aliphatic carbocycles. The number of rotatable bonds is 4. The van der Waals surface area contributed by atoms with Crippen molar-refractivity contribution in [3.63, 3.8) is 0 Å². The molecule has 0 aliphatic heterocycles. The van der Waals surface area contributed by atoms with Gasteiger partial charge in [-0.1, -0.05) is 12.1 Å². The van der Waals surface area contributed by atoms with Crippen molar-refractivity contribution in [3.8, 4) is 0 Å². The zero-order chi connectivity index (χ0) is 13.0. The van der Waals surface area contributed by atoms with Gasteiger partial charge in [0, 0.05) is 18.1 Å². The van der Waals surface area contributed by atoms with Crippen LogP contribution in [0.1, 0.15) is 12.5 Å². The lowest BCUT2D eigenvalue weighted by Gasteiger charge is -2.09. The molecule has 0 spiro atoms. The number of carbonyl (C=O) groups excluding carboxylic acids is 1. The lowest BCUT2D eigenvalue weighted by molar-refractivity contribution is -0.117. The number of anilines is 1. The highest BCUT2D eigenvalue weighted by molar-refractivity contribution is 5.94. The first-order valence-corrected chi connectivity index (χ1v) is 5.78. The summed E-state index contributed by atoms with van der Waals surface area (Å²) < 4.78 is 1.83. The van der Waals surface area contributed by atoms with Crippen LogP contribution in [0.3, 0.4) is 0 Å². The van der Waals surface area contributed by atoms with Gasteiger partial charge in [-0.25, -0.2) is 0 Å². The van der Waals surface area contributed by atoms with E-state index in [9.17, 15) is 4.79 Å². The molecular formula is C13H16N4O. The third-order valence-corrected chi connectivity index (χ3v) is 2.51. The van der Waals surface area contributed by atoms with Crippen molar-refractivity contribution < 1.29 is 4.79 Å². The van der Waals surface area contributed by atoms with Gasteiger partial charge in [0.05, 0.1) is 12.6 Å². The molecular weight excluding hydrogens is 228 g/mol. The molecule has 18 heavy (non-hydrogen) atoms. The molecule has 94 valence electrons. The monoisotopic (exact) mass is 244 g/mol. The van der Waals surface area contributed by atoms with Gasteiger partial charge >= 0.3 is 0 Å². The van der Waals surface area contributed by atoms with Gasteiger partial charge in [0.15, 0.2) is 0 Å². The molecule has 5 nitrogen and oxygen atoms in total. The second kappa shape index (κ2) is 5.46. The number of carbonyl (C=O) groups is 1. The molecule has 0 saturated heterocycles. The summed E-state index contributed by atoms with van der Waals surface area (Å²) in [6.45, 7) is 2.33. The Morgan fingerprint density at radius 3 is 3.00 bits per heavy atom. The van der Waals surface area contributed by atoms with Gasteiger partial charge in [0.2, 0.25) is 5.91 Å². The Kier molecular flexibility index (Phi) is 3.74. The highest BCUT2D eigenvalue weighted by Gasteiger charge is 2.07. The highest BCUT2D eigenvalue weighted by Crippen LogP contribution is 2.11. The SMILES string of the molecule is C[C@H](N)C(=O)Nc1cccc(Cn2cccn2)c1. The fraction of sp³-hybridized carbons (Fsp3) is 0.231. The lowest BCUT2D eigenvalue weighted by atomic mass is 10.2. The molecule has 0 radical (unpaired) electrons. The van der Waals surface area contributed by atoms with E-state index in [0.717, 1.165) is 11.3 Å². The fourth-order valence-corrected chi connectivity index (χ4v) is 1.58. The quantitative estimate of drug-likeness (QED) is 0.849. The third kappa shape index (κ3) is 3.18. The maximum Gasteiger partial charge on any atom is 0.240 e. The third-order valence-electron chi connectivity index (χ3n) is 2.51. The van der Waals surface area contributed by atoms with E-state index in [2.05, 4.69) is 10.4 Å². The summed E-state index contributed by atoms with van der Waals surface area (Å²) in [5.41, 5.74) is 7.33. The van der Waals surface area contributed by atoms with Crippen LogP contribution in [0.2, 0.25) is 0 Å². The van der Waals surface area contributed by atoms with Crippen LogP contribution in [0.25, 0.3) is 0 Å². The Balaban J connectivity index is 2.08. The molecule has 0 bridgehead atoms. The number of aromatic nitrogens is 2. The average Bonchev–Trinajstić information content (AvgIpc) is 2.82. The second-order valence-electron chi connectivity index (χ2n) is 4.18. The molecule has 1 atom stereocenters. The molecule has 1 heterocycles. The first kappa shape index (κ1) is 12.3. The largest absolute Gasteiger partial charge is 0.325 e. The molecule has 1 aromatic carbocycles. The maximum atomic E-state index is 11.5. The molecule has 3 N–H and O–H groups in total. The van der Waals surface area contributed by atoms with Crippen LogP contribution in [-0.2, 0) is 11.3 Å². The van der Waals surface area contributed by atoms with E-state index in [1.807, 2.05) is 41.2 Å². The number of nitrogens with two attached hydrogens (primary N) is 1. The number of hydrogen-bond acceptors (Lipinski definition) is 3. The van der Waals surface area contributed by atoms with Crippen LogP contribution in [0.5, 0.6) is 0 Å². The highest BCUT2D eigenvalue weighted by atomic mass is 16.2. The van der Waals surface area contributed by atoms with E-state index in [-0.39, 0.29) is 5.91 Å².